The maximum absolute atomic E-state index is 8.77. The van der Waals surface area contributed by atoms with Crippen LogP contribution in [0.4, 0.5) is 10.7 Å². The first-order valence-corrected chi connectivity index (χ1v) is 5.78. The van der Waals surface area contributed by atoms with Crippen LogP contribution >= 0.6 is 11.3 Å². The molecule has 0 saturated carbocycles. The SMILES string of the molecule is C[C@H]1NCN(NCCO)c2cc(N)sc21. The van der Waals surface area contributed by atoms with Crippen molar-refractivity contribution in [3.63, 3.8) is 0 Å². The summed E-state index contributed by atoms with van der Waals surface area (Å²) in [5.74, 6) is 0. The fraction of sp³-hybridized carbons (Fsp3) is 0.556. The Bertz CT molecular complexity index is 341. The maximum Gasteiger partial charge on any atom is 0.0881 e. The Balaban J connectivity index is 2.20. The van der Waals surface area contributed by atoms with Gasteiger partial charge in [0, 0.05) is 17.5 Å². The normalized spacial score (nSPS) is 20.4. The van der Waals surface area contributed by atoms with E-state index in [0.717, 1.165) is 17.4 Å². The number of hydrogen-bond acceptors (Lipinski definition) is 6. The number of nitrogen functional groups attached to an aromatic ring is 1. The van der Waals surface area contributed by atoms with Crippen molar-refractivity contribution in [3.8, 4) is 0 Å². The molecule has 0 spiro atoms. The van der Waals surface area contributed by atoms with Crippen molar-refractivity contribution in [1.29, 1.82) is 0 Å². The molecule has 0 radical (unpaired) electrons. The van der Waals surface area contributed by atoms with Gasteiger partial charge < -0.3 is 10.8 Å². The van der Waals surface area contributed by atoms with Crippen LogP contribution in [0, 0.1) is 0 Å². The minimum Gasteiger partial charge on any atom is -0.395 e. The van der Waals surface area contributed by atoms with E-state index in [4.69, 9.17) is 10.8 Å². The van der Waals surface area contributed by atoms with Gasteiger partial charge in [-0.15, -0.1) is 11.3 Å². The molecule has 0 fully saturated rings. The number of thiophene rings is 1. The molecule has 0 aliphatic carbocycles. The Morgan fingerprint density at radius 1 is 1.80 bits per heavy atom. The van der Waals surface area contributed by atoms with Gasteiger partial charge in [0.15, 0.2) is 0 Å². The topological polar surface area (TPSA) is 73.5 Å². The molecule has 2 heterocycles. The van der Waals surface area contributed by atoms with E-state index >= 15 is 0 Å². The Hall–Kier alpha value is -0.820. The summed E-state index contributed by atoms with van der Waals surface area (Å²) in [5, 5.41) is 14.9. The minimum absolute atomic E-state index is 0.126. The molecule has 0 aromatic carbocycles. The van der Waals surface area contributed by atoms with Crippen LogP contribution in [-0.2, 0) is 0 Å². The lowest BCUT2D eigenvalue weighted by Gasteiger charge is -2.32. The van der Waals surface area contributed by atoms with E-state index in [-0.39, 0.29) is 6.61 Å². The number of nitrogens with two attached hydrogens (primary N) is 1. The Morgan fingerprint density at radius 3 is 3.33 bits per heavy atom. The van der Waals surface area contributed by atoms with Gasteiger partial charge in [-0.2, -0.15) is 0 Å². The molecular weight excluding hydrogens is 212 g/mol. The fourth-order valence-electron chi connectivity index (χ4n) is 1.67. The zero-order valence-corrected chi connectivity index (χ0v) is 9.47. The molecule has 0 bridgehead atoms. The third-order valence-electron chi connectivity index (χ3n) is 2.41. The molecule has 15 heavy (non-hydrogen) atoms. The van der Waals surface area contributed by atoms with Crippen LogP contribution in [0.5, 0.6) is 0 Å². The smallest absolute Gasteiger partial charge is 0.0881 e. The van der Waals surface area contributed by atoms with Crippen LogP contribution in [0.25, 0.3) is 0 Å². The Morgan fingerprint density at radius 2 is 2.60 bits per heavy atom. The Kier molecular flexibility index (Phi) is 3.11. The number of aliphatic hydroxyl groups excluding tert-OH is 1. The maximum atomic E-state index is 8.77. The van der Waals surface area contributed by atoms with Crippen LogP contribution in [0.1, 0.15) is 17.8 Å². The van der Waals surface area contributed by atoms with Crippen LogP contribution in [0.15, 0.2) is 6.07 Å². The second-order valence-electron chi connectivity index (χ2n) is 3.54. The van der Waals surface area contributed by atoms with Crippen molar-refractivity contribution in [1.82, 2.24) is 10.7 Å². The third kappa shape index (κ3) is 2.07. The first-order chi connectivity index (χ1) is 7.22. The van der Waals surface area contributed by atoms with Gasteiger partial charge in [-0.1, -0.05) is 0 Å². The van der Waals surface area contributed by atoms with E-state index in [1.807, 2.05) is 11.1 Å². The first-order valence-electron chi connectivity index (χ1n) is 4.97. The van der Waals surface area contributed by atoms with E-state index in [1.54, 1.807) is 11.3 Å². The molecule has 0 unspecified atom stereocenters. The van der Waals surface area contributed by atoms with Crippen molar-refractivity contribution in [3.05, 3.63) is 10.9 Å². The molecule has 6 heteroatoms. The monoisotopic (exact) mass is 228 g/mol. The minimum atomic E-state index is 0.126. The summed E-state index contributed by atoms with van der Waals surface area (Å²) < 4.78 is 0. The summed E-state index contributed by atoms with van der Waals surface area (Å²) in [6, 6.07) is 2.32. The molecule has 1 aromatic heterocycles. The molecule has 84 valence electrons. The van der Waals surface area contributed by atoms with Gasteiger partial charge in [-0.3, -0.25) is 10.3 Å². The molecule has 0 amide bonds. The molecule has 5 N–H and O–H groups in total. The number of hydrogen-bond donors (Lipinski definition) is 4. The number of nitrogens with one attached hydrogen (secondary N) is 2. The average molecular weight is 228 g/mol. The summed E-state index contributed by atoms with van der Waals surface area (Å²) in [7, 11) is 0. The molecule has 1 aliphatic heterocycles. The van der Waals surface area contributed by atoms with E-state index < -0.39 is 0 Å². The van der Waals surface area contributed by atoms with E-state index in [2.05, 4.69) is 17.7 Å². The van der Waals surface area contributed by atoms with E-state index in [9.17, 15) is 0 Å². The summed E-state index contributed by atoms with van der Waals surface area (Å²) in [6.45, 7) is 3.52. The molecule has 0 saturated heterocycles. The van der Waals surface area contributed by atoms with Gasteiger partial charge in [0.05, 0.1) is 24.0 Å². The molecule has 1 aromatic rings. The fourth-order valence-corrected chi connectivity index (χ4v) is 2.63. The summed E-state index contributed by atoms with van der Waals surface area (Å²) in [5.41, 5.74) is 10.1. The predicted octanol–water partition coefficient (Wildman–Crippen LogP) is 0.255. The number of hydrazine groups is 1. The summed E-state index contributed by atoms with van der Waals surface area (Å²) in [4.78, 5) is 1.24. The number of fused-ring (bicyclic) bond motifs is 1. The van der Waals surface area contributed by atoms with E-state index in [1.165, 1.54) is 4.88 Å². The predicted molar refractivity (Wildman–Crippen MR) is 62.7 cm³/mol. The largest absolute Gasteiger partial charge is 0.395 e. The average Bonchev–Trinajstić information content (AvgIpc) is 2.60. The third-order valence-corrected chi connectivity index (χ3v) is 3.55. The quantitative estimate of drug-likeness (QED) is 0.597. The second kappa shape index (κ2) is 4.36. The Labute approximate surface area is 92.9 Å². The van der Waals surface area contributed by atoms with Crippen molar-refractivity contribution >= 4 is 22.0 Å². The highest BCUT2D eigenvalue weighted by atomic mass is 32.1. The first kappa shape index (κ1) is 10.7. The number of rotatable bonds is 3. The highest BCUT2D eigenvalue weighted by Gasteiger charge is 2.23. The molecular formula is C9H16N4OS. The van der Waals surface area contributed by atoms with Gasteiger partial charge in [-0.25, -0.2) is 5.43 Å². The second-order valence-corrected chi connectivity index (χ2v) is 4.66. The molecule has 2 rings (SSSR count). The van der Waals surface area contributed by atoms with Gasteiger partial charge in [0.25, 0.3) is 0 Å². The lowest BCUT2D eigenvalue weighted by Crippen LogP contribution is -2.49. The van der Waals surface area contributed by atoms with Crippen molar-refractivity contribution in [2.45, 2.75) is 13.0 Å². The van der Waals surface area contributed by atoms with Crippen molar-refractivity contribution in [2.75, 3.05) is 30.6 Å². The molecule has 1 atom stereocenters. The molecule has 5 nitrogen and oxygen atoms in total. The van der Waals surface area contributed by atoms with Gasteiger partial charge >= 0.3 is 0 Å². The van der Waals surface area contributed by atoms with Crippen molar-refractivity contribution in [2.24, 2.45) is 0 Å². The van der Waals surface area contributed by atoms with Crippen LogP contribution < -0.4 is 21.5 Å². The molecule has 1 aliphatic rings. The number of anilines is 2. The number of nitrogens with zero attached hydrogens (tertiary/aromatic N) is 1. The van der Waals surface area contributed by atoms with Gasteiger partial charge in [-0.05, 0) is 13.0 Å². The zero-order valence-electron chi connectivity index (χ0n) is 8.66. The van der Waals surface area contributed by atoms with Gasteiger partial charge in [0.1, 0.15) is 0 Å². The highest BCUT2D eigenvalue weighted by Crippen LogP contribution is 2.37. The summed E-state index contributed by atoms with van der Waals surface area (Å²) in [6.07, 6.45) is 0. The van der Waals surface area contributed by atoms with Crippen LogP contribution in [0.2, 0.25) is 0 Å². The standard InChI is InChI=1S/C9H16N4OS/c1-6-9-7(4-8(10)15-9)13(5-11-6)12-2-3-14/h4,6,11-12,14H,2-3,5,10H2,1H3/t6-/m1/s1. The lowest BCUT2D eigenvalue weighted by atomic mass is 10.2. The van der Waals surface area contributed by atoms with Gasteiger partial charge in [0.2, 0.25) is 0 Å². The van der Waals surface area contributed by atoms with Crippen LogP contribution in [0.3, 0.4) is 0 Å². The highest BCUT2D eigenvalue weighted by molar-refractivity contribution is 7.16. The zero-order chi connectivity index (χ0) is 10.8. The lowest BCUT2D eigenvalue weighted by molar-refractivity contribution is 0.288. The number of aliphatic hydroxyl groups is 1. The summed E-state index contributed by atoms with van der Waals surface area (Å²) >= 11 is 1.61. The van der Waals surface area contributed by atoms with E-state index in [0.29, 0.717) is 12.6 Å². The van der Waals surface area contributed by atoms with Crippen molar-refractivity contribution < 1.29 is 5.11 Å². The van der Waals surface area contributed by atoms with Crippen LogP contribution in [-0.4, -0.2) is 24.9 Å².